The zero-order chi connectivity index (χ0) is 20.5. The zero-order valence-corrected chi connectivity index (χ0v) is 17.5. The van der Waals surface area contributed by atoms with Crippen molar-refractivity contribution in [1.29, 1.82) is 0 Å². The quantitative estimate of drug-likeness (QED) is 0.688. The first-order valence-corrected chi connectivity index (χ1v) is 10.0. The third kappa shape index (κ3) is 3.75. The number of nitrogens with zero attached hydrogens (tertiary/aromatic N) is 5. The molecule has 0 bridgehead atoms. The fourth-order valence-corrected chi connectivity index (χ4v) is 3.75. The Morgan fingerprint density at radius 2 is 1.66 bits per heavy atom. The Labute approximate surface area is 171 Å². The van der Waals surface area contributed by atoms with Gasteiger partial charge in [-0.15, -0.1) is 5.10 Å². The van der Waals surface area contributed by atoms with Gasteiger partial charge >= 0.3 is 0 Å². The summed E-state index contributed by atoms with van der Waals surface area (Å²) in [7, 11) is 0. The number of benzene rings is 2. The lowest BCUT2D eigenvalue weighted by molar-refractivity contribution is 0.0740. The lowest BCUT2D eigenvalue weighted by Gasteiger charge is -2.36. The second kappa shape index (κ2) is 7.70. The van der Waals surface area contributed by atoms with E-state index in [4.69, 9.17) is 0 Å². The monoisotopic (exact) mass is 389 g/mol. The molecular formula is C23H27N5O. The van der Waals surface area contributed by atoms with Gasteiger partial charge in [-0.2, -0.15) is 0 Å². The van der Waals surface area contributed by atoms with Crippen LogP contribution in [0.1, 0.15) is 32.7 Å². The smallest absolute Gasteiger partial charge is 0.276 e. The molecule has 1 saturated heterocycles. The van der Waals surface area contributed by atoms with E-state index < -0.39 is 0 Å². The van der Waals surface area contributed by atoms with Gasteiger partial charge in [0.05, 0.1) is 11.9 Å². The maximum Gasteiger partial charge on any atom is 0.276 e. The summed E-state index contributed by atoms with van der Waals surface area (Å²) in [6, 6.07) is 12.5. The first kappa shape index (κ1) is 19.2. The number of aromatic nitrogens is 3. The summed E-state index contributed by atoms with van der Waals surface area (Å²) in [5, 5.41) is 8.30. The van der Waals surface area contributed by atoms with Crippen LogP contribution in [0.5, 0.6) is 0 Å². The topological polar surface area (TPSA) is 54.3 Å². The van der Waals surface area contributed by atoms with Crippen LogP contribution in [0.4, 0.5) is 5.69 Å². The molecule has 1 aliphatic rings. The molecule has 1 aromatic heterocycles. The molecule has 3 aromatic rings. The van der Waals surface area contributed by atoms with Gasteiger partial charge in [0.2, 0.25) is 0 Å². The molecule has 29 heavy (non-hydrogen) atoms. The van der Waals surface area contributed by atoms with Crippen molar-refractivity contribution >= 4 is 11.6 Å². The van der Waals surface area contributed by atoms with Crippen LogP contribution in [0, 0.1) is 27.7 Å². The van der Waals surface area contributed by atoms with E-state index in [1.807, 2.05) is 11.0 Å². The number of amides is 1. The van der Waals surface area contributed by atoms with E-state index in [0.717, 1.165) is 18.8 Å². The maximum atomic E-state index is 12.9. The van der Waals surface area contributed by atoms with Gasteiger partial charge in [0, 0.05) is 31.9 Å². The third-order valence-corrected chi connectivity index (χ3v) is 5.95. The SMILES string of the molecule is Cc1ccc(-n2cc(C(=O)N3CCN(c4cccc(C)c4C)CC3)nn2)cc1C. The van der Waals surface area contributed by atoms with Crippen molar-refractivity contribution < 1.29 is 4.79 Å². The number of carbonyl (C=O) groups excluding carboxylic acids is 1. The van der Waals surface area contributed by atoms with Crippen LogP contribution in [-0.2, 0) is 0 Å². The van der Waals surface area contributed by atoms with Crippen LogP contribution in [0.2, 0.25) is 0 Å². The Kier molecular flexibility index (Phi) is 5.09. The van der Waals surface area contributed by atoms with Gasteiger partial charge in [0.15, 0.2) is 5.69 Å². The van der Waals surface area contributed by atoms with Gasteiger partial charge < -0.3 is 9.80 Å². The molecule has 1 fully saturated rings. The summed E-state index contributed by atoms with van der Waals surface area (Å²) < 4.78 is 1.67. The van der Waals surface area contributed by atoms with Crippen LogP contribution in [0.25, 0.3) is 5.69 Å². The average Bonchev–Trinajstić information content (AvgIpc) is 3.22. The molecule has 6 heteroatoms. The van der Waals surface area contributed by atoms with E-state index in [0.29, 0.717) is 18.8 Å². The van der Waals surface area contributed by atoms with Crippen molar-refractivity contribution in [3.05, 3.63) is 70.5 Å². The Hall–Kier alpha value is -3.15. The van der Waals surface area contributed by atoms with E-state index in [-0.39, 0.29) is 5.91 Å². The minimum atomic E-state index is -0.0549. The lowest BCUT2D eigenvalue weighted by atomic mass is 10.1. The normalized spacial score (nSPS) is 14.3. The molecule has 0 N–H and O–H groups in total. The molecule has 0 aliphatic carbocycles. The fourth-order valence-electron chi connectivity index (χ4n) is 3.75. The van der Waals surface area contributed by atoms with Crippen molar-refractivity contribution in [2.75, 3.05) is 31.1 Å². The highest BCUT2D eigenvalue weighted by Gasteiger charge is 2.25. The minimum absolute atomic E-state index is 0.0549. The summed E-state index contributed by atoms with van der Waals surface area (Å²) in [4.78, 5) is 17.2. The number of hydrogen-bond acceptors (Lipinski definition) is 4. The van der Waals surface area contributed by atoms with Crippen molar-refractivity contribution in [2.45, 2.75) is 27.7 Å². The van der Waals surface area contributed by atoms with Gasteiger partial charge in [0.1, 0.15) is 0 Å². The standard InChI is InChI=1S/C23H27N5O/c1-16-8-9-20(14-18(16)3)28-15-21(24-25-28)23(29)27-12-10-26(11-13-27)22-7-5-6-17(2)19(22)4/h5-9,14-15H,10-13H2,1-4H3. The molecule has 4 rings (SSSR count). The molecule has 2 aromatic carbocycles. The Balaban J connectivity index is 1.44. The largest absolute Gasteiger partial charge is 0.368 e. The van der Waals surface area contributed by atoms with Crippen molar-refractivity contribution in [3.8, 4) is 5.69 Å². The number of carbonyl (C=O) groups is 1. The first-order valence-electron chi connectivity index (χ1n) is 10.0. The van der Waals surface area contributed by atoms with E-state index in [2.05, 4.69) is 73.2 Å². The lowest BCUT2D eigenvalue weighted by Crippen LogP contribution is -2.49. The average molecular weight is 390 g/mol. The number of hydrogen-bond donors (Lipinski definition) is 0. The zero-order valence-electron chi connectivity index (χ0n) is 17.5. The molecule has 150 valence electrons. The summed E-state index contributed by atoms with van der Waals surface area (Å²) in [6.45, 7) is 11.4. The van der Waals surface area contributed by atoms with Crippen LogP contribution in [0.3, 0.4) is 0 Å². The molecule has 0 atom stereocenters. The van der Waals surface area contributed by atoms with Crippen molar-refractivity contribution in [3.63, 3.8) is 0 Å². The Bertz CT molecular complexity index is 1050. The van der Waals surface area contributed by atoms with E-state index >= 15 is 0 Å². The predicted molar refractivity (Wildman–Crippen MR) is 115 cm³/mol. The Morgan fingerprint density at radius 1 is 0.897 bits per heavy atom. The summed E-state index contributed by atoms with van der Waals surface area (Å²) >= 11 is 0. The van der Waals surface area contributed by atoms with E-state index in [1.54, 1.807) is 10.9 Å². The van der Waals surface area contributed by atoms with Gasteiger partial charge in [-0.05, 0) is 68.1 Å². The second-order valence-corrected chi connectivity index (χ2v) is 7.82. The van der Waals surface area contributed by atoms with Crippen molar-refractivity contribution in [1.82, 2.24) is 19.9 Å². The predicted octanol–water partition coefficient (Wildman–Crippen LogP) is 3.46. The number of rotatable bonds is 3. The molecule has 1 aliphatic heterocycles. The van der Waals surface area contributed by atoms with Crippen LogP contribution < -0.4 is 4.90 Å². The highest BCUT2D eigenvalue weighted by Crippen LogP contribution is 2.24. The molecular weight excluding hydrogens is 362 g/mol. The van der Waals surface area contributed by atoms with Gasteiger partial charge in [-0.25, -0.2) is 4.68 Å². The summed E-state index contributed by atoms with van der Waals surface area (Å²) in [6.07, 6.45) is 1.73. The second-order valence-electron chi connectivity index (χ2n) is 7.82. The number of aryl methyl sites for hydroxylation is 3. The fraction of sp³-hybridized carbons (Fsp3) is 0.348. The molecule has 1 amide bonds. The number of anilines is 1. The molecule has 0 saturated carbocycles. The van der Waals surface area contributed by atoms with Crippen LogP contribution >= 0.6 is 0 Å². The van der Waals surface area contributed by atoms with E-state index in [9.17, 15) is 4.79 Å². The molecule has 0 radical (unpaired) electrons. The van der Waals surface area contributed by atoms with Crippen LogP contribution in [0.15, 0.2) is 42.6 Å². The minimum Gasteiger partial charge on any atom is -0.368 e. The highest BCUT2D eigenvalue weighted by molar-refractivity contribution is 5.92. The number of piperazine rings is 1. The molecule has 0 spiro atoms. The first-order chi connectivity index (χ1) is 13.9. The summed E-state index contributed by atoms with van der Waals surface area (Å²) in [5.41, 5.74) is 7.59. The third-order valence-electron chi connectivity index (χ3n) is 5.95. The Morgan fingerprint density at radius 3 is 2.38 bits per heavy atom. The van der Waals surface area contributed by atoms with Gasteiger partial charge in [-0.1, -0.05) is 23.4 Å². The summed E-state index contributed by atoms with van der Waals surface area (Å²) in [5.74, 6) is -0.0549. The highest BCUT2D eigenvalue weighted by atomic mass is 16.2. The molecule has 0 unspecified atom stereocenters. The molecule has 6 nitrogen and oxygen atoms in total. The van der Waals surface area contributed by atoms with E-state index in [1.165, 1.54) is 27.9 Å². The van der Waals surface area contributed by atoms with Crippen molar-refractivity contribution in [2.24, 2.45) is 0 Å². The van der Waals surface area contributed by atoms with Gasteiger partial charge in [0.25, 0.3) is 5.91 Å². The molecule has 2 heterocycles. The maximum absolute atomic E-state index is 12.9. The van der Waals surface area contributed by atoms with Gasteiger partial charge in [-0.3, -0.25) is 4.79 Å². The van der Waals surface area contributed by atoms with Crippen LogP contribution in [-0.4, -0.2) is 52.0 Å².